The first-order valence-corrected chi connectivity index (χ1v) is 9.14. The Morgan fingerprint density at radius 3 is 2.87 bits per heavy atom. The van der Waals surface area contributed by atoms with E-state index in [1.54, 1.807) is 11.3 Å². The summed E-state index contributed by atoms with van der Waals surface area (Å²) in [7, 11) is 0. The van der Waals surface area contributed by atoms with Gasteiger partial charge in [0.2, 0.25) is 0 Å². The first-order chi connectivity index (χ1) is 11.1. The summed E-state index contributed by atoms with van der Waals surface area (Å²) in [6.07, 6.45) is 0.834. The highest BCUT2D eigenvalue weighted by Gasteiger charge is 2.28. The molecule has 0 bridgehead atoms. The minimum atomic E-state index is -0.0563. The van der Waals surface area contributed by atoms with Crippen LogP contribution < -0.4 is 0 Å². The van der Waals surface area contributed by atoms with Crippen LogP contribution >= 0.6 is 27.3 Å². The Bertz CT molecular complexity index is 856. The molecule has 0 saturated carbocycles. The summed E-state index contributed by atoms with van der Waals surface area (Å²) in [5.74, 6) is 1.78. The summed E-state index contributed by atoms with van der Waals surface area (Å²) in [4.78, 5) is 0. The maximum atomic E-state index is 6.02. The standard InChI is InChI=1S/C17H16BrN3OS/c1-10-16-20-19-11(2)21(16)17-14(9-22-10)13(15(18)23-17)8-12-6-4-3-5-7-12/h3-7,10H,8-9H2,1-2H3. The number of rotatable bonds is 2. The Labute approximate surface area is 147 Å². The van der Waals surface area contributed by atoms with Crippen LogP contribution in [0.3, 0.4) is 0 Å². The van der Waals surface area contributed by atoms with Gasteiger partial charge in [0.15, 0.2) is 5.82 Å². The summed E-state index contributed by atoms with van der Waals surface area (Å²) < 4.78 is 9.32. The van der Waals surface area contributed by atoms with Crippen LogP contribution in [0.2, 0.25) is 0 Å². The van der Waals surface area contributed by atoms with E-state index in [1.165, 1.54) is 21.7 Å². The van der Waals surface area contributed by atoms with E-state index >= 15 is 0 Å². The number of thiophene rings is 1. The topological polar surface area (TPSA) is 39.9 Å². The summed E-state index contributed by atoms with van der Waals surface area (Å²) >= 11 is 5.48. The van der Waals surface area contributed by atoms with Gasteiger partial charge >= 0.3 is 0 Å². The van der Waals surface area contributed by atoms with Crippen molar-refractivity contribution in [3.05, 3.63) is 62.5 Å². The van der Waals surface area contributed by atoms with Crippen molar-refractivity contribution in [3.8, 4) is 5.00 Å². The number of aryl methyl sites for hydroxylation is 1. The summed E-state index contributed by atoms with van der Waals surface area (Å²) in [5, 5.41) is 9.71. The molecule has 0 fully saturated rings. The number of hydrogen-bond acceptors (Lipinski definition) is 4. The smallest absolute Gasteiger partial charge is 0.167 e. The zero-order valence-corrected chi connectivity index (χ0v) is 15.3. The number of ether oxygens (including phenoxy) is 1. The van der Waals surface area contributed by atoms with Gasteiger partial charge in [-0.1, -0.05) is 30.3 Å². The molecule has 0 radical (unpaired) electrons. The van der Waals surface area contributed by atoms with Crippen molar-refractivity contribution < 1.29 is 4.74 Å². The Morgan fingerprint density at radius 1 is 1.30 bits per heavy atom. The highest BCUT2D eigenvalue weighted by molar-refractivity contribution is 9.11. The van der Waals surface area contributed by atoms with Crippen LogP contribution in [0.15, 0.2) is 34.1 Å². The monoisotopic (exact) mass is 389 g/mol. The third-order valence-electron chi connectivity index (χ3n) is 4.16. The molecule has 0 aliphatic carbocycles. The van der Waals surface area contributed by atoms with Gasteiger partial charge in [-0.15, -0.1) is 21.5 Å². The molecule has 1 aliphatic heterocycles. The summed E-state index contributed by atoms with van der Waals surface area (Å²) in [5.41, 5.74) is 3.83. The molecule has 0 saturated heterocycles. The molecule has 3 aromatic rings. The van der Waals surface area contributed by atoms with E-state index in [2.05, 4.69) is 55.0 Å². The van der Waals surface area contributed by atoms with Crippen molar-refractivity contribution in [1.82, 2.24) is 14.8 Å². The number of nitrogens with zero attached hydrogens (tertiary/aromatic N) is 3. The van der Waals surface area contributed by atoms with Gasteiger partial charge in [0, 0.05) is 5.56 Å². The van der Waals surface area contributed by atoms with E-state index in [1.807, 2.05) is 19.9 Å². The zero-order valence-electron chi connectivity index (χ0n) is 12.9. The molecule has 1 atom stereocenters. The van der Waals surface area contributed by atoms with Gasteiger partial charge in [-0.2, -0.15) is 0 Å². The minimum absolute atomic E-state index is 0.0563. The first-order valence-electron chi connectivity index (χ1n) is 7.53. The molecule has 1 aromatic carbocycles. The molecule has 0 amide bonds. The molecule has 3 heterocycles. The highest BCUT2D eigenvalue weighted by Crippen LogP contribution is 2.41. The van der Waals surface area contributed by atoms with Crippen molar-refractivity contribution in [1.29, 1.82) is 0 Å². The van der Waals surface area contributed by atoms with E-state index in [0.29, 0.717) is 6.61 Å². The van der Waals surface area contributed by atoms with E-state index in [9.17, 15) is 0 Å². The molecule has 1 aliphatic rings. The molecule has 0 N–H and O–H groups in total. The molecule has 4 rings (SSSR count). The second kappa shape index (κ2) is 5.85. The lowest BCUT2D eigenvalue weighted by atomic mass is 10.0. The third-order valence-corrected chi connectivity index (χ3v) is 6.18. The Balaban J connectivity index is 1.85. The fourth-order valence-corrected chi connectivity index (χ4v) is 4.89. The lowest BCUT2D eigenvalue weighted by Gasteiger charge is -2.09. The van der Waals surface area contributed by atoms with Crippen molar-refractivity contribution >= 4 is 27.3 Å². The number of fused-ring (bicyclic) bond motifs is 3. The predicted octanol–water partition coefficient (Wildman–Crippen LogP) is 4.58. The van der Waals surface area contributed by atoms with Crippen molar-refractivity contribution in [2.75, 3.05) is 0 Å². The quantitative estimate of drug-likeness (QED) is 0.643. The SMILES string of the molecule is Cc1nnc2n1-c1sc(Br)c(Cc3ccccc3)c1COC2C. The molecule has 118 valence electrons. The first kappa shape index (κ1) is 15.1. The van der Waals surface area contributed by atoms with Crippen LogP contribution in [0.1, 0.15) is 41.4 Å². The maximum absolute atomic E-state index is 6.02. The molecule has 2 aromatic heterocycles. The lowest BCUT2D eigenvalue weighted by Crippen LogP contribution is -2.04. The van der Waals surface area contributed by atoms with E-state index < -0.39 is 0 Å². The third kappa shape index (κ3) is 2.55. The van der Waals surface area contributed by atoms with Gasteiger partial charge < -0.3 is 4.74 Å². The lowest BCUT2D eigenvalue weighted by molar-refractivity contribution is 0.0493. The number of halogens is 1. The summed E-state index contributed by atoms with van der Waals surface area (Å²) in [6.45, 7) is 4.62. The Morgan fingerprint density at radius 2 is 2.09 bits per heavy atom. The summed E-state index contributed by atoms with van der Waals surface area (Å²) in [6, 6.07) is 10.5. The molecule has 4 nitrogen and oxygen atoms in total. The van der Waals surface area contributed by atoms with Gasteiger partial charge in [0.25, 0.3) is 0 Å². The van der Waals surface area contributed by atoms with Crippen molar-refractivity contribution in [2.45, 2.75) is 33.0 Å². The molecule has 1 unspecified atom stereocenters. The zero-order chi connectivity index (χ0) is 16.0. The van der Waals surface area contributed by atoms with Gasteiger partial charge in [-0.3, -0.25) is 4.57 Å². The molecule has 0 spiro atoms. The Hall–Kier alpha value is -1.50. The van der Waals surface area contributed by atoms with Crippen LogP contribution in [-0.4, -0.2) is 14.8 Å². The van der Waals surface area contributed by atoms with Gasteiger partial charge in [0.05, 0.1) is 10.4 Å². The fourth-order valence-electron chi connectivity index (χ4n) is 2.94. The Kier molecular flexibility index (Phi) is 3.83. The second-order valence-corrected chi connectivity index (χ2v) is 8.01. The maximum Gasteiger partial charge on any atom is 0.167 e. The number of benzene rings is 1. The number of hydrogen-bond donors (Lipinski definition) is 0. The second-order valence-electron chi connectivity index (χ2n) is 5.69. The van der Waals surface area contributed by atoms with Crippen molar-refractivity contribution in [3.63, 3.8) is 0 Å². The van der Waals surface area contributed by atoms with Crippen LogP contribution in [-0.2, 0) is 17.8 Å². The minimum Gasteiger partial charge on any atom is -0.366 e. The van der Waals surface area contributed by atoms with E-state index in [-0.39, 0.29) is 6.10 Å². The van der Waals surface area contributed by atoms with Gasteiger partial charge in [-0.25, -0.2) is 0 Å². The molecule has 23 heavy (non-hydrogen) atoms. The van der Waals surface area contributed by atoms with Crippen LogP contribution in [0.25, 0.3) is 5.00 Å². The van der Waals surface area contributed by atoms with E-state index in [0.717, 1.165) is 21.9 Å². The molecular weight excluding hydrogens is 374 g/mol. The fraction of sp³-hybridized carbons (Fsp3) is 0.294. The predicted molar refractivity (Wildman–Crippen MR) is 94.1 cm³/mol. The van der Waals surface area contributed by atoms with E-state index in [4.69, 9.17) is 4.74 Å². The molecular formula is C17H16BrN3OS. The molecule has 6 heteroatoms. The number of aromatic nitrogens is 3. The van der Waals surface area contributed by atoms with Crippen molar-refractivity contribution in [2.24, 2.45) is 0 Å². The normalized spacial score (nSPS) is 16.7. The van der Waals surface area contributed by atoms with Crippen LogP contribution in [0.5, 0.6) is 0 Å². The van der Waals surface area contributed by atoms with Gasteiger partial charge in [0.1, 0.15) is 16.9 Å². The van der Waals surface area contributed by atoms with Gasteiger partial charge in [-0.05, 0) is 47.3 Å². The van der Waals surface area contributed by atoms with Crippen LogP contribution in [0, 0.1) is 6.92 Å². The average molecular weight is 390 g/mol. The average Bonchev–Trinajstić information content (AvgIpc) is 3.03. The highest BCUT2D eigenvalue weighted by atomic mass is 79.9. The largest absolute Gasteiger partial charge is 0.366 e. The van der Waals surface area contributed by atoms with Crippen LogP contribution in [0.4, 0.5) is 0 Å².